The van der Waals surface area contributed by atoms with Crippen LogP contribution in [0.1, 0.15) is 0 Å². The van der Waals surface area contributed by atoms with Gasteiger partial charge in [-0.2, -0.15) is 5.26 Å². The minimum atomic E-state index is -0.826. The van der Waals surface area contributed by atoms with Crippen molar-refractivity contribution in [1.82, 2.24) is 0 Å². The Morgan fingerprint density at radius 2 is 1.14 bits per heavy atom. The Bertz CT molecular complexity index is 833. The molecule has 0 saturated heterocycles. The highest BCUT2D eigenvalue weighted by atomic mass is 79.9. The van der Waals surface area contributed by atoms with Crippen LogP contribution in [0.25, 0.3) is 11.1 Å². The first kappa shape index (κ1) is 24.3. The lowest BCUT2D eigenvalue weighted by molar-refractivity contribution is -0.142. The minimum Gasteiger partial charge on any atom is -0.461 e. The number of halogens is 3. The molecule has 10 heteroatoms. The van der Waals surface area contributed by atoms with E-state index >= 15 is 0 Å². The lowest BCUT2D eigenvalue weighted by Crippen LogP contribution is -2.26. The highest BCUT2D eigenvalue weighted by Crippen LogP contribution is 2.03. The Morgan fingerprint density at radius 1 is 0.750 bits per heavy atom. The molecule has 1 aromatic rings. The van der Waals surface area contributed by atoms with E-state index in [0.717, 1.165) is 0 Å². The molecule has 1 rings (SSSR count). The van der Waals surface area contributed by atoms with E-state index in [0.29, 0.717) is 21.2 Å². The van der Waals surface area contributed by atoms with Crippen LogP contribution in [-0.2, 0) is 28.6 Å². The zero-order valence-corrected chi connectivity index (χ0v) is 19.3. The van der Waals surface area contributed by atoms with Crippen LogP contribution in [0.3, 0.4) is 0 Å². The van der Waals surface area contributed by atoms with Crippen molar-refractivity contribution in [2.75, 3.05) is 35.8 Å². The Morgan fingerprint density at radius 3 is 1.54 bits per heavy atom. The molecule has 0 aliphatic rings. The van der Waals surface area contributed by atoms with Crippen molar-refractivity contribution in [2.24, 2.45) is 0 Å². The Labute approximate surface area is 186 Å². The predicted molar refractivity (Wildman–Crippen MR) is 112 cm³/mol. The molecular formula is C18H16Br3NO6. The van der Waals surface area contributed by atoms with Gasteiger partial charge in [0.15, 0.2) is 5.57 Å². The SMILES string of the molecule is N#CC(C(=O)OCCBr)=c1ccc(=C(C(=O)OCCBr)C(=O)OCCBr)cc1. The fourth-order valence-corrected chi connectivity index (χ4v) is 2.45. The first-order valence-corrected chi connectivity index (χ1v) is 11.3. The number of alkyl halides is 3. The van der Waals surface area contributed by atoms with Gasteiger partial charge in [0.25, 0.3) is 0 Å². The molecule has 0 radical (unpaired) electrons. The highest BCUT2D eigenvalue weighted by molar-refractivity contribution is 9.09. The molecule has 28 heavy (non-hydrogen) atoms. The molecule has 150 valence electrons. The van der Waals surface area contributed by atoms with Gasteiger partial charge in [-0.25, -0.2) is 14.4 Å². The molecule has 1 aromatic carbocycles. The second-order valence-corrected chi connectivity index (χ2v) is 7.29. The summed E-state index contributed by atoms with van der Waals surface area (Å²) in [5, 5.41) is 11.1. The van der Waals surface area contributed by atoms with E-state index in [2.05, 4.69) is 47.8 Å². The molecule has 0 unspecified atom stereocenters. The summed E-state index contributed by atoms with van der Waals surface area (Å²) in [6.07, 6.45) is 0. The van der Waals surface area contributed by atoms with Gasteiger partial charge in [-0.15, -0.1) is 0 Å². The number of esters is 3. The first-order valence-electron chi connectivity index (χ1n) is 7.94. The molecule has 0 amide bonds. The van der Waals surface area contributed by atoms with E-state index < -0.39 is 17.9 Å². The van der Waals surface area contributed by atoms with Crippen molar-refractivity contribution >= 4 is 76.8 Å². The van der Waals surface area contributed by atoms with Gasteiger partial charge in [0, 0.05) is 16.0 Å². The first-order chi connectivity index (χ1) is 13.5. The van der Waals surface area contributed by atoms with E-state index in [1.54, 1.807) is 6.07 Å². The Balaban J connectivity index is 3.41. The normalized spacial score (nSPS) is 9.79. The summed E-state index contributed by atoms with van der Waals surface area (Å²) < 4.78 is 15.0. The van der Waals surface area contributed by atoms with E-state index in [1.807, 2.05) is 0 Å². The second kappa shape index (κ2) is 13.5. The molecule has 0 atom stereocenters. The topological polar surface area (TPSA) is 103 Å². The quantitative estimate of drug-likeness (QED) is 0.188. The van der Waals surface area contributed by atoms with Crippen molar-refractivity contribution < 1.29 is 28.6 Å². The summed E-state index contributed by atoms with van der Waals surface area (Å²) in [6, 6.07) is 7.56. The Kier molecular flexibility index (Phi) is 11.7. The van der Waals surface area contributed by atoms with Crippen LogP contribution >= 0.6 is 47.8 Å². The molecule has 0 spiro atoms. The number of carbonyl (C=O) groups is 3. The number of nitriles is 1. The molecule has 7 nitrogen and oxygen atoms in total. The second-order valence-electron chi connectivity index (χ2n) is 4.91. The minimum absolute atomic E-state index is 0.0813. The molecule has 0 aromatic heterocycles. The van der Waals surface area contributed by atoms with Crippen molar-refractivity contribution in [2.45, 2.75) is 0 Å². The lowest BCUT2D eigenvalue weighted by atomic mass is 10.1. The molecule has 0 saturated carbocycles. The molecule has 0 N–H and O–H groups in total. The zero-order valence-electron chi connectivity index (χ0n) is 14.6. The summed E-state index contributed by atoms with van der Waals surface area (Å²) >= 11 is 9.40. The summed E-state index contributed by atoms with van der Waals surface area (Å²) in [7, 11) is 0. The molecule has 0 fully saturated rings. The molecule has 0 aliphatic carbocycles. The Hall–Kier alpha value is -1.70. The van der Waals surface area contributed by atoms with Crippen LogP contribution in [0.2, 0.25) is 0 Å². The van der Waals surface area contributed by atoms with Crippen LogP contribution in [-0.4, -0.2) is 53.7 Å². The van der Waals surface area contributed by atoms with Crippen molar-refractivity contribution in [3.63, 3.8) is 0 Å². The van der Waals surface area contributed by atoms with E-state index in [1.165, 1.54) is 24.3 Å². The van der Waals surface area contributed by atoms with Crippen molar-refractivity contribution in [3.05, 3.63) is 34.7 Å². The lowest BCUT2D eigenvalue weighted by Gasteiger charge is -2.07. The number of carbonyl (C=O) groups excluding carboxylic acids is 3. The smallest absolute Gasteiger partial charge is 0.349 e. The molecule has 0 bridgehead atoms. The van der Waals surface area contributed by atoms with Crippen molar-refractivity contribution in [1.29, 1.82) is 5.26 Å². The predicted octanol–water partition coefficient (Wildman–Crippen LogP) is 1.33. The highest BCUT2D eigenvalue weighted by Gasteiger charge is 2.22. The van der Waals surface area contributed by atoms with Gasteiger partial charge in [-0.3, -0.25) is 0 Å². The van der Waals surface area contributed by atoms with Gasteiger partial charge < -0.3 is 14.2 Å². The number of rotatable bonds is 9. The van der Waals surface area contributed by atoms with Crippen molar-refractivity contribution in [3.8, 4) is 6.07 Å². The van der Waals surface area contributed by atoms with Gasteiger partial charge in [0.2, 0.25) is 0 Å². The third kappa shape index (κ3) is 7.37. The van der Waals surface area contributed by atoms with Crippen LogP contribution in [0.15, 0.2) is 24.3 Å². The fourth-order valence-electron chi connectivity index (χ4n) is 1.96. The number of benzene rings is 1. The van der Waals surface area contributed by atoms with Gasteiger partial charge in [-0.05, 0) is 10.4 Å². The third-order valence-corrected chi connectivity index (χ3v) is 4.09. The average Bonchev–Trinajstić information content (AvgIpc) is 2.70. The van der Waals surface area contributed by atoms with E-state index in [4.69, 9.17) is 14.2 Å². The zero-order chi connectivity index (χ0) is 20.9. The summed E-state index contributed by atoms with van der Waals surface area (Å²) in [5.41, 5.74) is -0.452. The maximum absolute atomic E-state index is 12.3. The standard InChI is InChI=1S/C18H16Br3NO6/c19-5-8-26-16(23)14(11-22)12-1-3-13(4-2-12)15(17(24)27-9-6-20)18(25)28-10-7-21/h1-4H,5-10H2. The monoisotopic (exact) mass is 579 g/mol. The summed E-state index contributed by atoms with van der Waals surface area (Å²) in [5.74, 6) is -2.41. The van der Waals surface area contributed by atoms with Crippen LogP contribution in [0.4, 0.5) is 0 Å². The maximum Gasteiger partial charge on any atom is 0.349 e. The third-order valence-electron chi connectivity index (χ3n) is 3.12. The summed E-state index contributed by atoms with van der Waals surface area (Å²) in [6.45, 7) is 0.286. The number of nitrogens with zero attached hydrogens (tertiary/aromatic N) is 1. The number of ether oxygens (including phenoxy) is 3. The van der Waals surface area contributed by atoms with Crippen LogP contribution < -0.4 is 10.4 Å². The van der Waals surface area contributed by atoms with Gasteiger partial charge in [-0.1, -0.05) is 72.1 Å². The van der Waals surface area contributed by atoms with Gasteiger partial charge in [0.05, 0.1) is 0 Å². The molecule has 0 heterocycles. The van der Waals surface area contributed by atoms with Gasteiger partial charge >= 0.3 is 17.9 Å². The largest absolute Gasteiger partial charge is 0.461 e. The molecular weight excluding hydrogens is 566 g/mol. The number of hydrogen-bond acceptors (Lipinski definition) is 7. The average molecular weight is 582 g/mol. The van der Waals surface area contributed by atoms with Crippen LogP contribution in [0.5, 0.6) is 0 Å². The fraction of sp³-hybridized carbons (Fsp3) is 0.333. The maximum atomic E-state index is 12.3. The molecule has 0 aliphatic heterocycles. The van der Waals surface area contributed by atoms with Gasteiger partial charge in [0.1, 0.15) is 31.5 Å². The van der Waals surface area contributed by atoms with E-state index in [9.17, 15) is 19.6 Å². The number of hydrogen-bond donors (Lipinski definition) is 0. The van der Waals surface area contributed by atoms with Crippen LogP contribution in [0, 0.1) is 11.3 Å². The summed E-state index contributed by atoms with van der Waals surface area (Å²) in [4.78, 5) is 36.5. The van der Waals surface area contributed by atoms with E-state index in [-0.39, 0.29) is 36.2 Å².